The normalized spacial score (nSPS) is 18.8. The Morgan fingerprint density at radius 1 is 1.47 bits per heavy atom. The zero-order valence-electron chi connectivity index (χ0n) is 11.3. The maximum absolute atomic E-state index is 12.3. The van der Waals surface area contributed by atoms with E-state index in [4.69, 9.17) is 5.73 Å². The molecule has 0 saturated heterocycles. The molecule has 0 unspecified atom stereocenters. The van der Waals surface area contributed by atoms with E-state index in [1.165, 1.54) is 6.20 Å². The monoisotopic (exact) mass is 286 g/mol. The van der Waals surface area contributed by atoms with Gasteiger partial charge in [0.2, 0.25) is 10.0 Å². The van der Waals surface area contributed by atoms with Crippen molar-refractivity contribution >= 4 is 10.0 Å². The number of nitrogens with two attached hydrogens (primary N) is 1. The lowest BCUT2D eigenvalue weighted by atomic mass is 10.0. The van der Waals surface area contributed by atoms with Crippen molar-refractivity contribution in [2.45, 2.75) is 56.0 Å². The summed E-state index contributed by atoms with van der Waals surface area (Å²) in [5.41, 5.74) is 5.12. The molecule has 0 aromatic carbocycles. The predicted molar refractivity (Wildman–Crippen MR) is 73.1 cm³/mol. The van der Waals surface area contributed by atoms with Gasteiger partial charge in [0.25, 0.3) is 0 Å². The van der Waals surface area contributed by atoms with Crippen LogP contribution in [0.2, 0.25) is 0 Å². The molecule has 0 bridgehead atoms. The molecule has 108 valence electrons. The van der Waals surface area contributed by atoms with Gasteiger partial charge in [0.15, 0.2) is 0 Å². The van der Waals surface area contributed by atoms with Crippen LogP contribution in [0.1, 0.15) is 39.0 Å². The minimum absolute atomic E-state index is 0.234. The van der Waals surface area contributed by atoms with Crippen molar-refractivity contribution < 1.29 is 8.42 Å². The first-order chi connectivity index (χ1) is 8.95. The summed E-state index contributed by atoms with van der Waals surface area (Å²) in [6.45, 7) is 3.18. The molecule has 3 N–H and O–H groups in total. The quantitative estimate of drug-likeness (QED) is 0.811. The topological polar surface area (TPSA) is 90.0 Å². The van der Waals surface area contributed by atoms with Crippen molar-refractivity contribution in [3.05, 3.63) is 12.4 Å². The first-order valence-electron chi connectivity index (χ1n) is 6.72. The number of nitrogens with zero attached hydrogens (tertiary/aromatic N) is 2. The summed E-state index contributed by atoms with van der Waals surface area (Å²) in [5.74, 6) is 0. The Morgan fingerprint density at radius 3 is 2.79 bits per heavy atom. The Hall–Kier alpha value is -0.920. The number of sulfonamides is 1. The van der Waals surface area contributed by atoms with Crippen molar-refractivity contribution in [2.75, 3.05) is 6.54 Å². The number of rotatable bonds is 6. The van der Waals surface area contributed by atoms with Crippen LogP contribution in [0.5, 0.6) is 0 Å². The second-order valence-electron chi connectivity index (χ2n) is 5.45. The lowest BCUT2D eigenvalue weighted by Crippen LogP contribution is -2.43. The summed E-state index contributed by atoms with van der Waals surface area (Å²) in [6.07, 6.45) is 7.70. The van der Waals surface area contributed by atoms with Gasteiger partial charge in [-0.2, -0.15) is 5.10 Å². The van der Waals surface area contributed by atoms with Crippen LogP contribution in [0.15, 0.2) is 17.3 Å². The second-order valence-corrected chi connectivity index (χ2v) is 7.14. The van der Waals surface area contributed by atoms with Crippen LogP contribution in [-0.4, -0.2) is 30.3 Å². The third-order valence-electron chi connectivity index (χ3n) is 3.60. The molecule has 0 amide bonds. The molecule has 1 heterocycles. The van der Waals surface area contributed by atoms with E-state index in [9.17, 15) is 8.42 Å². The van der Waals surface area contributed by atoms with Gasteiger partial charge in [0.05, 0.1) is 6.20 Å². The summed E-state index contributed by atoms with van der Waals surface area (Å²) in [4.78, 5) is 0.234. The van der Waals surface area contributed by atoms with Crippen LogP contribution in [0, 0.1) is 0 Å². The fourth-order valence-electron chi connectivity index (χ4n) is 2.50. The van der Waals surface area contributed by atoms with E-state index in [2.05, 4.69) is 9.82 Å². The van der Waals surface area contributed by atoms with Crippen LogP contribution in [0.4, 0.5) is 0 Å². The zero-order valence-corrected chi connectivity index (χ0v) is 12.1. The molecule has 1 aromatic heterocycles. The highest BCUT2D eigenvalue weighted by molar-refractivity contribution is 7.89. The molecule has 1 saturated carbocycles. The summed E-state index contributed by atoms with van der Waals surface area (Å²) >= 11 is 0. The fourth-order valence-corrected chi connectivity index (χ4v) is 3.92. The molecule has 7 heteroatoms. The number of hydrogen-bond acceptors (Lipinski definition) is 4. The van der Waals surface area contributed by atoms with E-state index in [0.29, 0.717) is 13.1 Å². The standard InChI is InChI=1S/C12H22N4O2S/c1-12(5-2-3-6-12)15-19(17,18)11-9-14-16(10-11)8-4-7-13/h9-10,15H,2-8,13H2,1H3. The Morgan fingerprint density at radius 2 is 2.16 bits per heavy atom. The maximum atomic E-state index is 12.3. The van der Waals surface area contributed by atoms with Crippen molar-refractivity contribution in [1.29, 1.82) is 0 Å². The molecule has 19 heavy (non-hydrogen) atoms. The van der Waals surface area contributed by atoms with Gasteiger partial charge in [-0.15, -0.1) is 0 Å². The Balaban J connectivity index is 2.08. The van der Waals surface area contributed by atoms with E-state index >= 15 is 0 Å². The minimum Gasteiger partial charge on any atom is -0.330 e. The Bertz CT molecular complexity index is 518. The third-order valence-corrected chi connectivity index (χ3v) is 5.19. The highest BCUT2D eigenvalue weighted by Crippen LogP contribution is 2.30. The zero-order chi connectivity index (χ0) is 13.9. The molecule has 0 atom stereocenters. The molecule has 2 rings (SSSR count). The summed E-state index contributed by atoms with van der Waals surface area (Å²) in [5, 5.41) is 4.06. The summed E-state index contributed by atoms with van der Waals surface area (Å²) in [6, 6.07) is 0. The SMILES string of the molecule is CC1(NS(=O)(=O)c2cnn(CCCN)c2)CCCC1. The van der Waals surface area contributed by atoms with E-state index < -0.39 is 10.0 Å². The molecule has 0 aliphatic heterocycles. The van der Waals surface area contributed by atoms with Gasteiger partial charge >= 0.3 is 0 Å². The first kappa shape index (κ1) is 14.5. The lowest BCUT2D eigenvalue weighted by molar-refractivity contribution is 0.427. The Labute approximate surface area is 114 Å². The van der Waals surface area contributed by atoms with Gasteiger partial charge in [-0.25, -0.2) is 13.1 Å². The highest BCUT2D eigenvalue weighted by Gasteiger charge is 2.33. The predicted octanol–water partition coefficient (Wildman–Crippen LogP) is 0.843. The van der Waals surface area contributed by atoms with Crippen LogP contribution in [0.25, 0.3) is 0 Å². The number of aromatic nitrogens is 2. The minimum atomic E-state index is -3.47. The highest BCUT2D eigenvalue weighted by atomic mass is 32.2. The van der Waals surface area contributed by atoms with Crippen LogP contribution in [-0.2, 0) is 16.6 Å². The summed E-state index contributed by atoms with van der Waals surface area (Å²) in [7, 11) is -3.47. The molecular weight excluding hydrogens is 264 g/mol. The number of hydrogen-bond donors (Lipinski definition) is 2. The largest absolute Gasteiger partial charge is 0.330 e. The smallest absolute Gasteiger partial charge is 0.244 e. The molecule has 0 radical (unpaired) electrons. The van der Waals surface area contributed by atoms with Crippen molar-refractivity contribution in [2.24, 2.45) is 5.73 Å². The summed E-state index contributed by atoms with van der Waals surface area (Å²) < 4.78 is 29.0. The van der Waals surface area contributed by atoms with Gasteiger partial charge in [-0.05, 0) is 32.7 Å². The maximum Gasteiger partial charge on any atom is 0.244 e. The van der Waals surface area contributed by atoms with Gasteiger partial charge < -0.3 is 5.73 Å². The van der Waals surface area contributed by atoms with Crippen molar-refractivity contribution in [1.82, 2.24) is 14.5 Å². The molecule has 1 aliphatic rings. The molecule has 1 fully saturated rings. The third kappa shape index (κ3) is 3.55. The van der Waals surface area contributed by atoms with Crippen LogP contribution < -0.4 is 10.5 Å². The lowest BCUT2D eigenvalue weighted by Gasteiger charge is -2.24. The number of aryl methyl sites for hydroxylation is 1. The van der Waals surface area contributed by atoms with Gasteiger partial charge in [0.1, 0.15) is 4.90 Å². The second kappa shape index (κ2) is 5.60. The fraction of sp³-hybridized carbons (Fsp3) is 0.750. The van der Waals surface area contributed by atoms with E-state index in [1.54, 1.807) is 10.9 Å². The molecule has 6 nitrogen and oxygen atoms in total. The van der Waals surface area contributed by atoms with Crippen LogP contribution >= 0.6 is 0 Å². The molecule has 1 aliphatic carbocycles. The molecule has 1 aromatic rings. The van der Waals surface area contributed by atoms with E-state index in [-0.39, 0.29) is 10.4 Å². The van der Waals surface area contributed by atoms with Crippen molar-refractivity contribution in [3.63, 3.8) is 0 Å². The van der Waals surface area contributed by atoms with Gasteiger partial charge in [-0.1, -0.05) is 12.8 Å². The average molecular weight is 286 g/mol. The van der Waals surface area contributed by atoms with E-state index in [1.807, 2.05) is 6.92 Å². The molecule has 0 spiro atoms. The average Bonchev–Trinajstić information content (AvgIpc) is 2.95. The van der Waals surface area contributed by atoms with Gasteiger partial charge in [-0.3, -0.25) is 4.68 Å². The van der Waals surface area contributed by atoms with Crippen LogP contribution in [0.3, 0.4) is 0 Å². The van der Waals surface area contributed by atoms with Crippen molar-refractivity contribution in [3.8, 4) is 0 Å². The Kier molecular flexibility index (Phi) is 4.27. The number of nitrogens with one attached hydrogen (secondary N) is 1. The first-order valence-corrected chi connectivity index (χ1v) is 8.20. The van der Waals surface area contributed by atoms with Gasteiger partial charge in [0, 0.05) is 18.3 Å². The molecular formula is C12H22N4O2S. The van der Waals surface area contributed by atoms with E-state index in [0.717, 1.165) is 32.1 Å².